The summed E-state index contributed by atoms with van der Waals surface area (Å²) in [6, 6.07) is 12.8. The number of carbonyl (C=O) groups excluding carboxylic acids is 1. The Labute approximate surface area is 160 Å². The summed E-state index contributed by atoms with van der Waals surface area (Å²) in [5.41, 5.74) is 1.61. The average molecular weight is 379 g/mol. The minimum absolute atomic E-state index is 0.279. The Morgan fingerprint density at radius 2 is 2.00 bits per heavy atom. The number of nitrogens with zero attached hydrogens (tertiary/aromatic N) is 4. The highest BCUT2D eigenvalue weighted by Crippen LogP contribution is 2.22. The molecule has 0 fully saturated rings. The first-order valence-electron chi connectivity index (χ1n) is 8.29. The first-order chi connectivity index (χ1) is 13.2. The van der Waals surface area contributed by atoms with Crippen LogP contribution in [0.2, 0.25) is 0 Å². The van der Waals surface area contributed by atoms with Crippen LogP contribution in [0.1, 0.15) is 16.3 Å². The fourth-order valence-electron chi connectivity index (χ4n) is 2.52. The van der Waals surface area contributed by atoms with Crippen LogP contribution in [0.5, 0.6) is 0 Å². The standard InChI is InChI=1S/C19H17N5O2S/c1-23-12-10-20-19(23)27-13-16-7-8-17(26-16)18(25)22-14-3-5-15(6-4-14)24-11-2-9-21-24/h2-12H,13H2,1H3,(H,22,25). The van der Waals surface area contributed by atoms with Crippen molar-refractivity contribution >= 4 is 23.4 Å². The van der Waals surface area contributed by atoms with E-state index < -0.39 is 0 Å². The summed E-state index contributed by atoms with van der Waals surface area (Å²) in [5, 5.41) is 7.91. The highest BCUT2D eigenvalue weighted by Gasteiger charge is 2.12. The molecule has 0 bridgehead atoms. The number of hydrogen-bond acceptors (Lipinski definition) is 5. The van der Waals surface area contributed by atoms with Crippen LogP contribution in [-0.2, 0) is 12.8 Å². The van der Waals surface area contributed by atoms with Gasteiger partial charge in [-0.25, -0.2) is 9.67 Å². The summed E-state index contributed by atoms with van der Waals surface area (Å²) in [7, 11) is 1.94. The second-order valence-electron chi connectivity index (χ2n) is 5.83. The minimum atomic E-state index is -0.282. The van der Waals surface area contributed by atoms with E-state index in [1.165, 1.54) is 0 Å². The van der Waals surface area contributed by atoms with Crippen molar-refractivity contribution in [3.8, 4) is 5.69 Å². The van der Waals surface area contributed by atoms with Crippen molar-refractivity contribution in [3.05, 3.63) is 78.8 Å². The van der Waals surface area contributed by atoms with Crippen molar-refractivity contribution in [2.45, 2.75) is 10.9 Å². The highest BCUT2D eigenvalue weighted by molar-refractivity contribution is 7.98. The Morgan fingerprint density at radius 3 is 2.70 bits per heavy atom. The van der Waals surface area contributed by atoms with E-state index in [0.29, 0.717) is 11.4 Å². The third-order valence-corrected chi connectivity index (χ3v) is 4.98. The predicted molar refractivity (Wildman–Crippen MR) is 103 cm³/mol. The molecule has 1 N–H and O–H groups in total. The summed E-state index contributed by atoms with van der Waals surface area (Å²) < 4.78 is 9.35. The van der Waals surface area contributed by atoms with Crippen LogP contribution in [-0.4, -0.2) is 25.2 Å². The predicted octanol–water partition coefficient (Wildman–Crippen LogP) is 3.74. The molecule has 0 radical (unpaired) electrons. The van der Waals surface area contributed by atoms with E-state index in [9.17, 15) is 4.79 Å². The quantitative estimate of drug-likeness (QED) is 0.516. The molecule has 1 aromatic carbocycles. The lowest BCUT2D eigenvalue weighted by Gasteiger charge is -2.05. The van der Waals surface area contributed by atoms with Crippen molar-refractivity contribution in [3.63, 3.8) is 0 Å². The SMILES string of the molecule is Cn1ccnc1SCc1ccc(C(=O)Nc2ccc(-n3cccn3)cc2)o1. The number of amides is 1. The monoisotopic (exact) mass is 379 g/mol. The molecule has 0 saturated heterocycles. The number of furan rings is 1. The fraction of sp³-hybridized carbons (Fsp3) is 0.105. The van der Waals surface area contributed by atoms with Crippen LogP contribution < -0.4 is 5.32 Å². The topological polar surface area (TPSA) is 77.9 Å². The maximum Gasteiger partial charge on any atom is 0.291 e. The molecule has 0 spiro atoms. The van der Waals surface area contributed by atoms with Crippen LogP contribution in [0.15, 0.2) is 76.8 Å². The summed E-state index contributed by atoms with van der Waals surface area (Å²) in [5.74, 6) is 1.33. The molecular weight excluding hydrogens is 362 g/mol. The largest absolute Gasteiger partial charge is 0.455 e. The number of aromatic nitrogens is 4. The smallest absolute Gasteiger partial charge is 0.291 e. The molecule has 7 nitrogen and oxygen atoms in total. The van der Waals surface area contributed by atoms with E-state index in [4.69, 9.17) is 4.42 Å². The molecule has 0 unspecified atom stereocenters. The summed E-state index contributed by atoms with van der Waals surface area (Å²) in [6.07, 6.45) is 7.22. The maximum absolute atomic E-state index is 12.4. The van der Waals surface area contributed by atoms with Gasteiger partial charge in [-0.3, -0.25) is 4.79 Å². The van der Waals surface area contributed by atoms with E-state index in [-0.39, 0.29) is 11.7 Å². The third kappa shape index (κ3) is 3.95. The van der Waals surface area contributed by atoms with E-state index in [1.807, 2.05) is 60.4 Å². The molecule has 0 aliphatic heterocycles. The van der Waals surface area contributed by atoms with Crippen molar-refractivity contribution in [2.75, 3.05) is 5.32 Å². The number of thioether (sulfide) groups is 1. The van der Waals surface area contributed by atoms with Gasteiger partial charge in [-0.2, -0.15) is 5.10 Å². The highest BCUT2D eigenvalue weighted by atomic mass is 32.2. The molecule has 0 aliphatic carbocycles. The van der Waals surface area contributed by atoms with Crippen LogP contribution in [0.25, 0.3) is 5.69 Å². The van der Waals surface area contributed by atoms with Gasteiger partial charge in [-0.1, -0.05) is 11.8 Å². The van der Waals surface area contributed by atoms with Gasteiger partial charge < -0.3 is 14.3 Å². The van der Waals surface area contributed by atoms with E-state index in [2.05, 4.69) is 15.4 Å². The van der Waals surface area contributed by atoms with Crippen molar-refractivity contribution in [2.24, 2.45) is 7.05 Å². The van der Waals surface area contributed by atoms with Crippen molar-refractivity contribution < 1.29 is 9.21 Å². The van der Waals surface area contributed by atoms with Crippen LogP contribution in [0.4, 0.5) is 5.69 Å². The van der Waals surface area contributed by atoms with Gasteiger partial charge in [0.05, 0.1) is 11.4 Å². The number of rotatable bonds is 6. The third-order valence-electron chi connectivity index (χ3n) is 3.90. The molecule has 0 aliphatic rings. The number of aryl methyl sites for hydroxylation is 1. The van der Waals surface area contributed by atoms with Crippen LogP contribution in [0.3, 0.4) is 0 Å². The number of nitrogens with one attached hydrogen (secondary N) is 1. The lowest BCUT2D eigenvalue weighted by atomic mass is 10.2. The Kier molecular flexibility index (Phi) is 4.80. The number of benzene rings is 1. The molecular formula is C19H17N5O2S. The van der Waals surface area contributed by atoms with Gasteiger partial charge >= 0.3 is 0 Å². The summed E-state index contributed by atoms with van der Waals surface area (Å²) in [6.45, 7) is 0. The van der Waals surface area contributed by atoms with E-state index in [0.717, 1.165) is 16.6 Å². The zero-order valence-corrected chi connectivity index (χ0v) is 15.4. The molecule has 136 valence electrons. The molecule has 4 aromatic rings. The Bertz CT molecular complexity index is 1030. The van der Waals surface area contributed by atoms with Crippen molar-refractivity contribution in [1.82, 2.24) is 19.3 Å². The average Bonchev–Trinajstić information content (AvgIpc) is 3.43. The molecule has 1 amide bonds. The number of hydrogen-bond donors (Lipinski definition) is 1. The van der Waals surface area contributed by atoms with Crippen molar-refractivity contribution in [1.29, 1.82) is 0 Å². The summed E-state index contributed by atoms with van der Waals surface area (Å²) >= 11 is 1.55. The van der Waals surface area contributed by atoms with Gasteiger partial charge in [0, 0.05) is 37.5 Å². The zero-order valence-electron chi connectivity index (χ0n) is 14.6. The van der Waals surface area contributed by atoms with Gasteiger partial charge in [-0.15, -0.1) is 0 Å². The first kappa shape index (κ1) is 17.2. The molecule has 0 saturated carbocycles. The van der Waals surface area contributed by atoms with Gasteiger partial charge in [0.15, 0.2) is 10.9 Å². The molecule has 8 heteroatoms. The normalized spacial score (nSPS) is 10.9. The van der Waals surface area contributed by atoms with Gasteiger partial charge in [0.1, 0.15) is 5.76 Å². The second-order valence-corrected chi connectivity index (χ2v) is 6.77. The van der Waals surface area contributed by atoms with Crippen LogP contribution >= 0.6 is 11.8 Å². The van der Waals surface area contributed by atoms with Gasteiger partial charge in [-0.05, 0) is 42.5 Å². The molecule has 27 heavy (non-hydrogen) atoms. The lowest BCUT2D eigenvalue weighted by Crippen LogP contribution is -2.10. The van der Waals surface area contributed by atoms with Gasteiger partial charge in [0.2, 0.25) is 0 Å². The molecule has 0 atom stereocenters. The first-order valence-corrected chi connectivity index (χ1v) is 9.28. The number of anilines is 1. The Hall–Kier alpha value is -3.26. The number of carbonyl (C=O) groups is 1. The summed E-state index contributed by atoms with van der Waals surface area (Å²) in [4.78, 5) is 16.6. The zero-order chi connectivity index (χ0) is 18.6. The Morgan fingerprint density at radius 1 is 1.15 bits per heavy atom. The van der Waals surface area contributed by atoms with E-state index >= 15 is 0 Å². The van der Waals surface area contributed by atoms with E-state index in [1.54, 1.807) is 34.9 Å². The minimum Gasteiger partial charge on any atom is -0.455 e. The fourth-order valence-corrected chi connectivity index (χ4v) is 3.34. The molecule has 3 heterocycles. The maximum atomic E-state index is 12.4. The second kappa shape index (κ2) is 7.55. The lowest BCUT2D eigenvalue weighted by molar-refractivity contribution is 0.0995. The number of imidazole rings is 1. The van der Waals surface area contributed by atoms with Crippen LogP contribution in [0, 0.1) is 0 Å². The van der Waals surface area contributed by atoms with Gasteiger partial charge in [0.25, 0.3) is 5.91 Å². The Balaban J connectivity index is 1.37. The molecule has 3 aromatic heterocycles. The molecule has 4 rings (SSSR count).